The number of rotatable bonds is 6. The number of benzene rings is 1. The molecule has 2 heterocycles. The van der Waals surface area contributed by atoms with E-state index in [1.54, 1.807) is 7.05 Å². The van der Waals surface area contributed by atoms with E-state index in [-0.39, 0.29) is 5.91 Å². The van der Waals surface area contributed by atoms with Gasteiger partial charge < -0.3 is 20.3 Å². The number of nitrogens with zero attached hydrogens (tertiary/aromatic N) is 4. The van der Waals surface area contributed by atoms with Crippen LogP contribution in [-0.2, 0) is 11.8 Å². The van der Waals surface area contributed by atoms with Gasteiger partial charge in [-0.1, -0.05) is 6.07 Å². The first-order valence-corrected chi connectivity index (χ1v) is 9.49. The number of aryl methyl sites for hydroxylation is 1. The van der Waals surface area contributed by atoms with Crippen molar-refractivity contribution in [1.29, 1.82) is 0 Å². The Morgan fingerprint density at radius 3 is 3.00 bits per heavy atom. The van der Waals surface area contributed by atoms with Gasteiger partial charge in [-0.3, -0.25) is 14.5 Å². The molecule has 1 aromatic carbocycles. The summed E-state index contributed by atoms with van der Waals surface area (Å²) in [4.78, 5) is 17.8. The van der Waals surface area contributed by atoms with E-state index in [4.69, 9.17) is 4.74 Å². The monoisotopic (exact) mass is 384 g/mol. The molecule has 0 aliphatic carbocycles. The highest BCUT2D eigenvalue weighted by molar-refractivity contribution is 5.88. The molecule has 1 amide bonds. The summed E-state index contributed by atoms with van der Waals surface area (Å²) in [5, 5.41) is 10.4. The topological polar surface area (TPSA) is 83.8 Å². The number of likely N-dealkylation sites (tertiary alicyclic amines) is 1. The molecule has 28 heavy (non-hydrogen) atoms. The van der Waals surface area contributed by atoms with Crippen molar-refractivity contribution in [3.63, 3.8) is 0 Å². The summed E-state index contributed by atoms with van der Waals surface area (Å²) in [6.45, 7) is 4.54. The standard InChI is InChI=1S/C20H28N6O2/c1-15(27)24-18-5-4-6-19(11-18)28-10-8-22-20(21-2)26-9-7-16(14-26)17-12-23-25(3)13-17/h4-6,11-13,16H,7-10,14H2,1-3H3,(H,21,22)(H,24,27). The van der Waals surface area contributed by atoms with Crippen LogP contribution in [0.3, 0.4) is 0 Å². The molecule has 8 heteroatoms. The van der Waals surface area contributed by atoms with Gasteiger partial charge in [0, 0.05) is 58.0 Å². The van der Waals surface area contributed by atoms with Crippen molar-refractivity contribution >= 4 is 17.6 Å². The number of aromatic nitrogens is 2. The first-order chi connectivity index (χ1) is 13.5. The van der Waals surface area contributed by atoms with Crippen molar-refractivity contribution in [1.82, 2.24) is 20.0 Å². The minimum Gasteiger partial charge on any atom is -0.492 e. The molecule has 150 valence electrons. The number of hydrogen-bond acceptors (Lipinski definition) is 4. The van der Waals surface area contributed by atoms with Crippen molar-refractivity contribution in [3.05, 3.63) is 42.2 Å². The van der Waals surface area contributed by atoms with E-state index < -0.39 is 0 Å². The molecule has 0 bridgehead atoms. The summed E-state index contributed by atoms with van der Waals surface area (Å²) in [6, 6.07) is 7.38. The molecule has 1 fully saturated rings. The highest BCUT2D eigenvalue weighted by Crippen LogP contribution is 2.26. The third-order valence-electron chi connectivity index (χ3n) is 4.70. The van der Waals surface area contributed by atoms with Crippen molar-refractivity contribution in [2.45, 2.75) is 19.3 Å². The van der Waals surface area contributed by atoms with Gasteiger partial charge >= 0.3 is 0 Å². The van der Waals surface area contributed by atoms with E-state index in [0.29, 0.717) is 19.1 Å². The summed E-state index contributed by atoms with van der Waals surface area (Å²) in [6.07, 6.45) is 5.14. The zero-order valence-corrected chi connectivity index (χ0v) is 16.7. The number of carbonyl (C=O) groups is 1. The van der Waals surface area contributed by atoms with Crippen LogP contribution in [-0.4, -0.2) is 59.8 Å². The molecule has 0 spiro atoms. The van der Waals surface area contributed by atoms with Crippen molar-refractivity contribution in [2.24, 2.45) is 12.0 Å². The fraction of sp³-hybridized carbons (Fsp3) is 0.450. The third kappa shape index (κ3) is 5.25. The van der Waals surface area contributed by atoms with Gasteiger partial charge in [-0.2, -0.15) is 5.10 Å². The Hall–Kier alpha value is -3.03. The van der Waals surface area contributed by atoms with Gasteiger partial charge in [-0.05, 0) is 24.1 Å². The minimum atomic E-state index is -0.0992. The second kappa shape index (κ2) is 9.25. The summed E-state index contributed by atoms with van der Waals surface area (Å²) in [7, 11) is 3.75. The Kier molecular flexibility index (Phi) is 6.52. The molecule has 0 saturated carbocycles. The third-order valence-corrected chi connectivity index (χ3v) is 4.70. The zero-order chi connectivity index (χ0) is 19.9. The van der Waals surface area contributed by atoms with Gasteiger partial charge in [-0.25, -0.2) is 0 Å². The quantitative estimate of drug-likeness (QED) is 0.451. The van der Waals surface area contributed by atoms with E-state index in [2.05, 4.69) is 31.8 Å². The first-order valence-electron chi connectivity index (χ1n) is 9.49. The average molecular weight is 384 g/mol. The molecular formula is C20H28N6O2. The van der Waals surface area contributed by atoms with Gasteiger partial charge in [0.2, 0.25) is 5.91 Å². The number of ether oxygens (including phenoxy) is 1. The molecule has 3 rings (SSSR count). The van der Waals surface area contributed by atoms with Crippen LogP contribution in [0.15, 0.2) is 41.7 Å². The molecule has 1 saturated heterocycles. The molecule has 2 N–H and O–H groups in total. The molecular weight excluding hydrogens is 356 g/mol. The lowest BCUT2D eigenvalue weighted by molar-refractivity contribution is -0.114. The number of hydrogen-bond donors (Lipinski definition) is 2. The number of anilines is 1. The average Bonchev–Trinajstić information content (AvgIpc) is 3.31. The van der Waals surface area contributed by atoms with Crippen LogP contribution in [0.25, 0.3) is 0 Å². The van der Waals surface area contributed by atoms with Gasteiger partial charge in [0.1, 0.15) is 12.4 Å². The summed E-state index contributed by atoms with van der Waals surface area (Å²) in [5.74, 6) is 2.00. The van der Waals surface area contributed by atoms with Crippen LogP contribution in [0, 0.1) is 0 Å². The van der Waals surface area contributed by atoms with E-state index in [1.807, 2.05) is 42.2 Å². The minimum absolute atomic E-state index is 0.0992. The SMILES string of the molecule is CN=C(NCCOc1cccc(NC(C)=O)c1)N1CCC(c2cnn(C)c2)C1. The van der Waals surface area contributed by atoms with Crippen LogP contribution in [0.5, 0.6) is 5.75 Å². The number of carbonyl (C=O) groups excluding carboxylic acids is 1. The first kappa shape index (κ1) is 19.7. The van der Waals surface area contributed by atoms with Crippen molar-refractivity contribution in [3.8, 4) is 5.75 Å². The number of nitrogens with one attached hydrogen (secondary N) is 2. The molecule has 1 aliphatic heterocycles. The second-order valence-electron chi connectivity index (χ2n) is 6.91. The maximum Gasteiger partial charge on any atom is 0.221 e. The molecule has 1 aromatic heterocycles. The van der Waals surface area contributed by atoms with Gasteiger partial charge in [0.05, 0.1) is 12.7 Å². The molecule has 1 unspecified atom stereocenters. The van der Waals surface area contributed by atoms with E-state index in [1.165, 1.54) is 12.5 Å². The number of guanidine groups is 1. The van der Waals surface area contributed by atoms with Crippen LogP contribution >= 0.6 is 0 Å². The predicted molar refractivity (Wildman–Crippen MR) is 110 cm³/mol. The number of aliphatic imine (C=N–C) groups is 1. The molecule has 1 aliphatic rings. The largest absolute Gasteiger partial charge is 0.492 e. The Balaban J connectivity index is 1.44. The Morgan fingerprint density at radius 1 is 1.43 bits per heavy atom. The summed E-state index contributed by atoms with van der Waals surface area (Å²) >= 11 is 0. The molecule has 1 atom stereocenters. The maximum absolute atomic E-state index is 11.1. The molecule has 8 nitrogen and oxygen atoms in total. The van der Waals surface area contributed by atoms with Gasteiger partial charge in [-0.15, -0.1) is 0 Å². The lowest BCUT2D eigenvalue weighted by atomic mass is 10.0. The lowest BCUT2D eigenvalue weighted by Crippen LogP contribution is -2.41. The van der Waals surface area contributed by atoms with Crippen molar-refractivity contribution < 1.29 is 9.53 Å². The summed E-state index contributed by atoms with van der Waals surface area (Å²) in [5.41, 5.74) is 2.01. The van der Waals surface area contributed by atoms with Gasteiger partial charge in [0.15, 0.2) is 5.96 Å². The highest BCUT2D eigenvalue weighted by atomic mass is 16.5. The summed E-state index contributed by atoms with van der Waals surface area (Å²) < 4.78 is 7.63. The lowest BCUT2D eigenvalue weighted by Gasteiger charge is -2.21. The second-order valence-corrected chi connectivity index (χ2v) is 6.91. The predicted octanol–water partition coefficient (Wildman–Crippen LogP) is 1.82. The molecule has 2 aromatic rings. The van der Waals surface area contributed by atoms with Gasteiger partial charge in [0.25, 0.3) is 0 Å². The smallest absolute Gasteiger partial charge is 0.221 e. The number of amides is 1. The van der Waals surface area contributed by atoms with Crippen LogP contribution in [0.2, 0.25) is 0 Å². The Bertz CT molecular complexity index is 832. The van der Waals surface area contributed by atoms with Crippen LogP contribution in [0.1, 0.15) is 24.8 Å². The maximum atomic E-state index is 11.1. The molecule has 0 radical (unpaired) electrons. The Morgan fingerprint density at radius 2 is 2.29 bits per heavy atom. The fourth-order valence-corrected chi connectivity index (χ4v) is 3.41. The normalized spacial score (nSPS) is 16.9. The highest BCUT2D eigenvalue weighted by Gasteiger charge is 2.26. The van der Waals surface area contributed by atoms with E-state index in [0.717, 1.165) is 36.9 Å². The Labute approximate surface area is 165 Å². The van der Waals surface area contributed by atoms with Crippen molar-refractivity contribution in [2.75, 3.05) is 38.6 Å². The van der Waals surface area contributed by atoms with E-state index >= 15 is 0 Å². The fourth-order valence-electron chi connectivity index (χ4n) is 3.41. The zero-order valence-electron chi connectivity index (χ0n) is 16.7. The van der Waals surface area contributed by atoms with E-state index in [9.17, 15) is 4.79 Å². The van der Waals surface area contributed by atoms with Crippen LogP contribution < -0.4 is 15.4 Å². The van der Waals surface area contributed by atoms with Crippen LogP contribution in [0.4, 0.5) is 5.69 Å².